The van der Waals surface area contributed by atoms with Crippen LogP contribution in [0.25, 0.3) is 0 Å². The summed E-state index contributed by atoms with van der Waals surface area (Å²) in [6, 6.07) is 5.85. The van der Waals surface area contributed by atoms with E-state index in [1.807, 2.05) is 0 Å². The van der Waals surface area contributed by atoms with Crippen LogP contribution in [0.2, 0.25) is 0 Å². The molecule has 0 amide bonds. The van der Waals surface area contributed by atoms with Crippen molar-refractivity contribution in [2.45, 2.75) is 12.2 Å². The summed E-state index contributed by atoms with van der Waals surface area (Å²) in [6.07, 6.45) is -2.75. The van der Waals surface area contributed by atoms with Gasteiger partial charge in [0.05, 0.1) is 0 Å². The van der Waals surface area contributed by atoms with Crippen LogP contribution in [0.5, 0.6) is 28.7 Å². The summed E-state index contributed by atoms with van der Waals surface area (Å²) < 4.78 is 5.47. The zero-order valence-electron chi connectivity index (χ0n) is 11.6. The van der Waals surface area contributed by atoms with E-state index in [1.165, 1.54) is 12.1 Å². The Bertz CT molecular complexity index is 770. The SMILES string of the molecule is O.O=C1c2c(O)cc(O)cc2OC(c2ccc(O)c(O)c2)C1O. The highest BCUT2D eigenvalue weighted by atomic mass is 16.5. The van der Waals surface area contributed by atoms with E-state index in [9.17, 15) is 30.3 Å². The molecule has 0 aliphatic carbocycles. The highest BCUT2D eigenvalue weighted by Crippen LogP contribution is 2.42. The molecule has 23 heavy (non-hydrogen) atoms. The van der Waals surface area contributed by atoms with Gasteiger partial charge in [0.1, 0.15) is 22.8 Å². The number of carbonyl (C=O) groups excluding carboxylic acids is 1. The first kappa shape index (κ1) is 16.4. The Morgan fingerprint density at radius 3 is 2.26 bits per heavy atom. The number of fused-ring (bicyclic) bond motifs is 1. The number of carbonyl (C=O) groups is 1. The van der Waals surface area contributed by atoms with Gasteiger partial charge in [-0.3, -0.25) is 4.79 Å². The number of ether oxygens (including phenoxy) is 1. The zero-order chi connectivity index (χ0) is 16.0. The fourth-order valence-corrected chi connectivity index (χ4v) is 2.38. The third kappa shape index (κ3) is 2.60. The van der Waals surface area contributed by atoms with Crippen molar-refractivity contribution in [2.75, 3.05) is 0 Å². The molecule has 0 fully saturated rings. The molecule has 0 saturated heterocycles. The van der Waals surface area contributed by atoms with Crippen LogP contribution >= 0.6 is 0 Å². The molecule has 0 radical (unpaired) electrons. The van der Waals surface area contributed by atoms with Crippen molar-refractivity contribution in [1.29, 1.82) is 0 Å². The minimum atomic E-state index is -1.60. The van der Waals surface area contributed by atoms with Gasteiger partial charge >= 0.3 is 0 Å². The van der Waals surface area contributed by atoms with Gasteiger partial charge in [0.15, 0.2) is 23.7 Å². The molecule has 3 rings (SSSR count). The molecule has 2 aromatic rings. The van der Waals surface area contributed by atoms with E-state index < -0.39 is 29.5 Å². The maximum Gasteiger partial charge on any atom is 0.202 e. The second-order valence-electron chi connectivity index (χ2n) is 4.93. The first-order valence-electron chi connectivity index (χ1n) is 6.35. The average Bonchev–Trinajstić information content (AvgIpc) is 2.45. The van der Waals surface area contributed by atoms with Crippen LogP contribution in [0.1, 0.15) is 22.0 Å². The fourth-order valence-electron chi connectivity index (χ4n) is 2.38. The predicted octanol–water partition coefficient (Wildman–Crippen LogP) is 0.362. The number of hydrogen-bond donors (Lipinski definition) is 5. The Morgan fingerprint density at radius 1 is 0.913 bits per heavy atom. The van der Waals surface area contributed by atoms with Crippen LogP contribution in [-0.2, 0) is 0 Å². The number of aromatic hydroxyl groups is 4. The summed E-state index contributed by atoms with van der Waals surface area (Å²) in [4.78, 5) is 12.2. The van der Waals surface area contributed by atoms with Gasteiger partial charge in [0.25, 0.3) is 0 Å². The lowest BCUT2D eigenvalue weighted by molar-refractivity contribution is 0.0210. The molecule has 8 nitrogen and oxygen atoms in total. The van der Waals surface area contributed by atoms with Crippen molar-refractivity contribution < 1.29 is 40.5 Å². The highest BCUT2D eigenvalue weighted by Gasteiger charge is 2.39. The second kappa shape index (κ2) is 5.67. The number of aliphatic hydroxyl groups is 1. The molecule has 8 heteroatoms. The molecular formula is C15H14O8. The number of Topliss-reactive ketones (excluding diaryl/α,β-unsaturated/α-hetero) is 1. The van der Waals surface area contributed by atoms with Crippen molar-refractivity contribution in [3.63, 3.8) is 0 Å². The number of benzene rings is 2. The molecule has 0 bridgehead atoms. The van der Waals surface area contributed by atoms with E-state index in [-0.39, 0.29) is 33.9 Å². The molecule has 122 valence electrons. The Kier molecular flexibility index (Phi) is 4.04. The summed E-state index contributed by atoms with van der Waals surface area (Å²) in [6.45, 7) is 0. The molecular weight excluding hydrogens is 308 g/mol. The standard InChI is InChI=1S/C15H12O7.H2O/c16-7-4-10(19)12-11(5-7)22-15(14(21)13(12)20)6-1-2-8(17)9(18)3-6;/h1-5,14-19,21H;1H2. The quantitative estimate of drug-likeness (QED) is 0.474. The van der Waals surface area contributed by atoms with Gasteiger partial charge in [-0.05, 0) is 17.7 Å². The first-order chi connectivity index (χ1) is 10.4. The van der Waals surface area contributed by atoms with Crippen molar-refractivity contribution in [2.24, 2.45) is 0 Å². The molecule has 0 aromatic heterocycles. The Balaban J connectivity index is 0.00000192. The van der Waals surface area contributed by atoms with Gasteiger partial charge in [-0.15, -0.1) is 0 Å². The summed E-state index contributed by atoms with van der Waals surface area (Å²) in [5.41, 5.74) is 0.0363. The van der Waals surface area contributed by atoms with Gasteiger partial charge in [0.2, 0.25) is 5.78 Å². The van der Waals surface area contributed by atoms with Crippen LogP contribution in [-0.4, -0.2) is 42.9 Å². The minimum Gasteiger partial charge on any atom is -0.508 e. The smallest absolute Gasteiger partial charge is 0.202 e. The summed E-state index contributed by atoms with van der Waals surface area (Å²) in [5, 5.41) is 48.1. The largest absolute Gasteiger partial charge is 0.508 e. The Labute approximate surface area is 129 Å². The minimum absolute atomic E-state index is 0. The van der Waals surface area contributed by atoms with E-state index in [1.54, 1.807) is 0 Å². The zero-order valence-corrected chi connectivity index (χ0v) is 11.6. The first-order valence-corrected chi connectivity index (χ1v) is 6.35. The number of aliphatic hydroxyl groups excluding tert-OH is 1. The van der Waals surface area contributed by atoms with Crippen molar-refractivity contribution in [3.8, 4) is 28.7 Å². The molecule has 1 heterocycles. The molecule has 2 atom stereocenters. The normalized spacial score (nSPS) is 19.4. The van der Waals surface area contributed by atoms with E-state index in [0.29, 0.717) is 0 Å². The summed E-state index contributed by atoms with van der Waals surface area (Å²) in [7, 11) is 0. The Hall–Kier alpha value is -2.97. The monoisotopic (exact) mass is 322 g/mol. The number of rotatable bonds is 1. The molecule has 1 aliphatic heterocycles. The van der Waals surface area contributed by atoms with Crippen molar-refractivity contribution in [3.05, 3.63) is 41.5 Å². The maximum atomic E-state index is 12.2. The average molecular weight is 322 g/mol. The molecule has 7 N–H and O–H groups in total. The lowest BCUT2D eigenvalue weighted by Gasteiger charge is -2.30. The molecule has 2 unspecified atom stereocenters. The fraction of sp³-hybridized carbons (Fsp3) is 0.133. The van der Waals surface area contributed by atoms with Crippen LogP contribution in [0.3, 0.4) is 0 Å². The second-order valence-corrected chi connectivity index (χ2v) is 4.93. The van der Waals surface area contributed by atoms with E-state index >= 15 is 0 Å². The number of ketones is 1. The number of phenolic OH excluding ortho intramolecular Hbond substituents is 4. The Morgan fingerprint density at radius 2 is 1.61 bits per heavy atom. The maximum absolute atomic E-state index is 12.2. The molecule has 1 aliphatic rings. The topological polar surface area (TPSA) is 159 Å². The third-order valence-corrected chi connectivity index (χ3v) is 3.45. The van der Waals surface area contributed by atoms with Crippen LogP contribution < -0.4 is 4.74 Å². The van der Waals surface area contributed by atoms with Gasteiger partial charge in [0, 0.05) is 12.1 Å². The van der Waals surface area contributed by atoms with E-state index in [4.69, 9.17) is 4.74 Å². The molecule has 2 aromatic carbocycles. The van der Waals surface area contributed by atoms with Crippen molar-refractivity contribution in [1.82, 2.24) is 0 Å². The summed E-state index contributed by atoms with van der Waals surface area (Å²) in [5.74, 6) is -2.41. The lowest BCUT2D eigenvalue weighted by Crippen LogP contribution is -2.36. The van der Waals surface area contributed by atoms with Gasteiger partial charge in [-0.1, -0.05) is 6.07 Å². The van der Waals surface area contributed by atoms with Crippen LogP contribution in [0.4, 0.5) is 0 Å². The lowest BCUT2D eigenvalue weighted by atomic mass is 9.92. The van der Waals surface area contributed by atoms with Gasteiger partial charge in [-0.25, -0.2) is 0 Å². The van der Waals surface area contributed by atoms with Crippen LogP contribution in [0.15, 0.2) is 30.3 Å². The van der Waals surface area contributed by atoms with E-state index in [2.05, 4.69) is 0 Å². The molecule has 0 saturated carbocycles. The van der Waals surface area contributed by atoms with Gasteiger partial charge in [-0.2, -0.15) is 0 Å². The summed E-state index contributed by atoms with van der Waals surface area (Å²) >= 11 is 0. The van der Waals surface area contributed by atoms with Crippen LogP contribution in [0, 0.1) is 0 Å². The third-order valence-electron chi connectivity index (χ3n) is 3.45. The number of hydrogen-bond acceptors (Lipinski definition) is 7. The van der Waals surface area contributed by atoms with Crippen molar-refractivity contribution >= 4 is 5.78 Å². The van der Waals surface area contributed by atoms with Gasteiger partial charge < -0.3 is 35.7 Å². The predicted molar refractivity (Wildman–Crippen MR) is 76.9 cm³/mol. The number of phenols is 4. The molecule has 0 spiro atoms. The highest BCUT2D eigenvalue weighted by molar-refractivity contribution is 6.05. The van der Waals surface area contributed by atoms with E-state index in [0.717, 1.165) is 18.2 Å².